The molecule has 0 aliphatic heterocycles. The quantitative estimate of drug-likeness (QED) is 0.355. The molecule has 0 heteroatoms. The van der Waals surface area contributed by atoms with E-state index in [4.69, 9.17) is 0 Å². The normalized spacial score (nSPS) is 10.4. The summed E-state index contributed by atoms with van der Waals surface area (Å²) in [6, 6.07) is 28.5. The Morgan fingerprint density at radius 3 is 1.65 bits per heavy atom. The van der Waals surface area contributed by atoms with Gasteiger partial charge in [-0.25, -0.2) is 0 Å². The second-order valence-corrected chi connectivity index (χ2v) is 5.63. The van der Waals surface area contributed by atoms with Crippen molar-refractivity contribution < 1.29 is 0 Å². The minimum atomic E-state index is 1.27. The second kappa shape index (κ2) is 6.66. The van der Waals surface area contributed by atoms with Gasteiger partial charge in [-0.3, -0.25) is 0 Å². The fraction of sp³-hybridized carbons (Fsp3) is 0.130. The lowest BCUT2D eigenvalue weighted by Crippen LogP contribution is -1.81. The summed E-state index contributed by atoms with van der Waals surface area (Å²) in [6.45, 7) is 6.14. The Labute approximate surface area is 138 Å². The molecule has 4 aromatic carbocycles. The van der Waals surface area contributed by atoms with Crippen molar-refractivity contribution in [1.82, 2.24) is 0 Å². The number of aryl methyl sites for hydroxylation is 1. The fourth-order valence-corrected chi connectivity index (χ4v) is 2.91. The van der Waals surface area contributed by atoms with Crippen LogP contribution in [-0.2, 0) is 0 Å². The molecule has 0 amide bonds. The van der Waals surface area contributed by atoms with Gasteiger partial charge in [0.2, 0.25) is 0 Å². The number of fused-ring (bicyclic) bond motifs is 2. The van der Waals surface area contributed by atoms with Crippen LogP contribution in [0.25, 0.3) is 32.7 Å². The van der Waals surface area contributed by atoms with E-state index in [2.05, 4.69) is 85.8 Å². The highest BCUT2D eigenvalue weighted by Crippen LogP contribution is 2.27. The van der Waals surface area contributed by atoms with E-state index >= 15 is 0 Å². The Bertz CT molecular complexity index is 948. The topological polar surface area (TPSA) is 0 Å². The van der Waals surface area contributed by atoms with Gasteiger partial charge in [-0.1, -0.05) is 86.1 Å². The van der Waals surface area contributed by atoms with Crippen molar-refractivity contribution in [3.8, 4) is 11.1 Å². The first kappa shape index (κ1) is 15.3. The monoisotopic (exact) mass is 298 g/mol. The van der Waals surface area contributed by atoms with Gasteiger partial charge in [0.25, 0.3) is 0 Å². The Hall–Kier alpha value is -2.60. The molecule has 4 aromatic rings. The minimum absolute atomic E-state index is 1.27. The van der Waals surface area contributed by atoms with Gasteiger partial charge in [0.1, 0.15) is 0 Å². The average Bonchev–Trinajstić information content (AvgIpc) is 2.62. The molecule has 114 valence electrons. The lowest BCUT2D eigenvalue weighted by atomic mass is 9.98. The van der Waals surface area contributed by atoms with Crippen LogP contribution in [0.1, 0.15) is 19.4 Å². The molecule has 0 spiro atoms. The third-order valence-corrected chi connectivity index (χ3v) is 4.08. The summed E-state index contributed by atoms with van der Waals surface area (Å²) in [5, 5.41) is 5.18. The van der Waals surface area contributed by atoms with Crippen LogP contribution in [0.5, 0.6) is 0 Å². The summed E-state index contributed by atoms with van der Waals surface area (Å²) < 4.78 is 0. The van der Waals surface area contributed by atoms with Gasteiger partial charge in [-0.05, 0) is 51.7 Å². The van der Waals surface area contributed by atoms with Gasteiger partial charge in [0.05, 0.1) is 0 Å². The lowest BCUT2D eigenvalue weighted by molar-refractivity contribution is 1.50. The Morgan fingerprint density at radius 1 is 0.478 bits per heavy atom. The summed E-state index contributed by atoms with van der Waals surface area (Å²) in [5.41, 5.74) is 3.86. The van der Waals surface area contributed by atoms with Crippen LogP contribution in [0.3, 0.4) is 0 Å². The predicted octanol–water partition coefficient (Wildman–Crippen LogP) is 6.99. The zero-order valence-electron chi connectivity index (χ0n) is 14.0. The first-order chi connectivity index (χ1) is 11.3. The van der Waals surface area contributed by atoms with E-state index in [-0.39, 0.29) is 0 Å². The van der Waals surface area contributed by atoms with Crippen molar-refractivity contribution in [1.29, 1.82) is 0 Å². The predicted molar refractivity (Wildman–Crippen MR) is 103 cm³/mol. The number of benzene rings is 4. The van der Waals surface area contributed by atoms with Crippen molar-refractivity contribution in [3.63, 3.8) is 0 Å². The first-order valence-corrected chi connectivity index (χ1v) is 8.29. The van der Waals surface area contributed by atoms with Gasteiger partial charge in [-0.2, -0.15) is 0 Å². The highest BCUT2D eigenvalue weighted by atomic mass is 14.1. The fourth-order valence-electron chi connectivity index (χ4n) is 2.91. The van der Waals surface area contributed by atoms with Crippen LogP contribution in [-0.4, -0.2) is 0 Å². The van der Waals surface area contributed by atoms with E-state index in [1.54, 1.807) is 0 Å². The van der Waals surface area contributed by atoms with Crippen molar-refractivity contribution >= 4 is 21.5 Å². The Morgan fingerprint density at radius 2 is 0.957 bits per heavy atom. The van der Waals surface area contributed by atoms with Crippen LogP contribution >= 0.6 is 0 Å². The van der Waals surface area contributed by atoms with E-state index in [0.717, 1.165) is 0 Å². The van der Waals surface area contributed by atoms with Crippen molar-refractivity contribution in [2.45, 2.75) is 20.8 Å². The smallest absolute Gasteiger partial charge is 0.0177 e. The first-order valence-electron chi connectivity index (χ1n) is 8.29. The maximum Gasteiger partial charge on any atom is -0.0177 e. The molecule has 0 radical (unpaired) electrons. The van der Waals surface area contributed by atoms with Crippen LogP contribution in [0.15, 0.2) is 78.9 Å². The van der Waals surface area contributed by atoms with Gasteiger partial charge < -0.3 is 0 Å². The van der Waals surface area contributed by atoms with E-state index in [1.807, 2.05) is 13.8 Å². The molecule has 0 bridgehead atoms. The molecule has 0 saturated carbocycles. The largest absolute Gasteiger partial charge is 0.0683 e. The zero-order chi connectivity index (χ0) is 16.2. The Kier molecular flexibility index (Phi) is 4.43. The molecular formula is C23H22. The highest BCUT2D eigenvalue weighted by molar-refractivity contribution is 5.91. The van der Waals surface area contributed by atoms with Gasteiger partial charge in [0, 0.05) is 0 Å². The van der Waals surface area contributed by atoms with Gasteiger partial charge in [-0.15, -0.1) is 0 Å². The zero-order valence-corrected chi connectivity index (χ0v) is 14.0. The van der Waals surface area contributed by atoms with Crippen LogP contribution in [0, 0.1) is 6.92 Å². The van der Waals surface area contributed by atoms with Crippen molar-refractivity contribution in [2.24, 2.45) is 0 Å². The molecule has 0 nitrogen and oxygen atoms in total. The van der Waals surface area contributed by atoms with E-state index in [1.165, 1.54) is 38.2 Å². The lowest BCUT2D eigenvalue weighted by Gasteiger charge is -2.06. The molecule has 4 rings (SSSR count). The minimum Gasteiger partial charge on any atom is -0.0683 e. The molecule has 0 atom stereocenters. The van der Waals surface area contributed by atoms with Crippen LogP contribution in [0.2, 0.25) is 0 Å². The molecule has 0 aliphatic carbocycles. The van der Waals surface area contributed by atoms with E-state index in [0.29, 0.717) is 0 Å². The standard InChI is InChI=1S/C21H16.C2H6/c1-15-6-7-19-14-21(11-10-18(19)12-15)20-9-8-16-4-2-3-5-17(16)13-20;1-2/h2-14H,1H3;1-2H3. The number of hydrogen-bond acceptors (Lipinski definition) is 0. The number of hydrogen-bond donors (Lipinski definition) is 0. The summed E-state index contributed by atoms with van der Waals surface area (Å²) >= 11 is 0. The molecule has 23 heavy (non-hydrogen) atoms. The summed E-state index contributed by atoms with van der Waals surface area (Å²) in [6.07, 6.45) is 0. The van der Waals surface area contributed by atoms with Gasteiger partial charge in [0.15, 0.2) is 0 Å². The molecule has 0 unspecified atom stereocenters. The van der Waals surface area contributed by atoms with E-state index in [9.17, 15) is 0 Å². The number of rotatable bonds is 1. The molecule has 0 aliphatic rings. The van der Waals surface area contributed by atoms with Gasteiger partial charge >= 0.3 is 0 Å². The summed E-state index contributed by atoms with van der Waals surface area (Å²) in [7, 11) is 0. The molecule has 0 N–H and O–H groups in total. The maximum atomic E-state index is 2.28. The van der Waals surface area contributed by atoms with Crippen molar-refractivity contribution in [3.05, 3.63) is 84.4 Å². The SMILES string of the molecule is CC.Cc1ccc2cc(-c3ccc4ccccc4c3)ccc2c1. The molecule has 0 heterocycles. The molecule has 0 fully saturated rings. The second-order valence-electron chi connectivity index (χ2n) is 5.63. The third kappa shape index (κ3) is 3.12. The summed E-state index contributed by atoms with van der Waals surface area (Å²) in [4.78, 5) is 0. The summed E-state index contributed by atoms with van der Waals surface area (Å²) in [5.74, 6) is 0. The molecular weight excluding hydrogens is 276 g/mol. The molecule has 0 aromatic heterocycles. The highest BCUT2D eigenvalue weighted by Gasteiger charge is 2.01. The van der Waals surface area contributed by atoms with E-state index < -0.39 is 0 Å². The third-order valence-electron chi connectivity index (χ3n) is 4.08. The Balaban J connectivity index is 0.000000753. The maximum absolute atomic E-state index is 2.28. The molecule has 0 saturated heterocycles. The van der Waals surface area contributed by atoms with Crippen LogP contribution in [0.4, 0.5) is 0 Å². The van der Waals surface area contributed by atoms with Crippen molar-refractivity contribution in [2.75, 3.05) is 0 Å². The average molecular weight is 298 g/mol. The van der Waals surface area contributed by atoms with Crippen LogP contribution < -0.4 is 0 Å².